The van der Waals surface area contributed by atoms with Crippen LogP contribution < -0.4 is 5.32 Å². The first kappa shape index (κ1) is 14.3. The summed E-state index contributed by atoms with van der Waals surface area (Å²) in [6, 6.07) is 0.453. The summed E-state index contributed by atoms with van der Waals surface area (Å²) < 4.78 is 5.36. The molecule has 0 saturated carbocycles. The zero-order chi connectivity index (χ0) is 13.7. The van der Waals surface area contributed by atoms with Crippen molar-refractivity contribution in [3.8, 4) is 0 Å². The van der Waals surface area contributed by atoms with E-state index in [1.807, 2.05) is 6.20 Å². The minimum absolute atomic E-state index is 0.453. The van der Waals surface area contributed by atoms with Gasteiger partial charge in [-0.1, -0.05) is 20.8 Å². The number of aryl methyl sites for hydroxylation is 1. The number of aromatic nitrogens is 2. The summed E-state index contributed by atoms with van der Waals surface area (Å²) in [4.78, 5) is 9.15. The Bertz CT molecular complexity index is 400. The van der Waals surface area contributed by atoms with E-state index in [2.05, 4.69) is 36.1 Å². The molecule has 2 heterocycles. The van der Waals surface area contributed by atoms with Crippen molar-refractivity contribution in [3.63, 3.8) is 0 Å². The molecule has 0 aromatic carbocycles. The molecular weight excluding hydrogens is 238 g/mol. The van der Waals surface area contributed by atoms with Crippen LogP contribution in [-0.4, -0.2) is 29.2 Å². The molecule has 0 spiro atoms. The molecule has 0 atom stereocenters. The highest BCUT2D eigenvalue weighted by Crippen LogP contribution is 2.16. The van der Waals surface area contributed by atoms with Crippen LogP contribution >= 0.6 is 0 Å². The maximum absolute atomic E-state index is 5.36. The molecule has 1 aromatic rings. The third-order valence-electron chi connectivity index (χ3n) is 3.47. The van der Waals surface area contributed by atoms with Gasteiger partial charge in [0.25, 0.3) is 0 Å². The summed E-state index contributed by atoms with van der Waals surface area (Å²) in [5, 5.41) is 3.43. The molecular formula is C15H25N3O. The van der Waals surface area contributed by atoms with E-state index in [0.717, 1.165) is 44.8 Å². The van der Waals surface area contributed by atoms with E-state index in [-0.39, 0.29) is 0 Å². The minimum Gasteiger partial charge on any atom is -0.381 e. The molecule has 0 bridgehead atoms. The second-order valence-electron chi connectivity index (χ2n) is 5.65. The summed E-state index contributed by atoms with van der Waals surface area (Å²) in [7, 11) is 0. The van der Waals surface area contributed by atoms with Crippen LogP contribution in [0, 0.1) is 5.92 Å². The molecule has 2 rings (SSSR count). The highest BCUT2D eigenvalue weighted by atomic mass is 16.5. The van der Waals surface area contributed by atoms with Crippen LogP contribution in [0.5, 0.6) is 0 Å². The molecule has 1 N–H and O–H groups in total. The summed E-state index contributed by atoms with van der Waals surface area (Å²) in [5.41, 5.74) is 2.47. The molecule has 1 saturated heterocycles. The maximum atomic E-state index is 5.36. The molecule has 0 amide bonds. The van der Waals surface area contributed by atoms with Gasteiger partial charge in [0, 0.05) is 31.1 Å². The maximum Gasteiger partial charge on any atom is 0.223 e. The lowest BCUT2D eigenvalue weighted by Gasteiger charge is -2.23. The summed E-state index contributed by atoms with van der Waals surface area (Å²) in [6.07, 6.45) is 6.10. The first-order chi connectivity index (χ1) is 9.19. The van der Waals surface area contributed by atoms with Crippen LogP contribution in [0.3, 0.4) is 0 Å². The normalized spacial score (nSPS) is 16.8. The predicted molar refractivity (Wildman–Crippen MR) is 77.4 cm³/mol. The van der Waals surface area contributed by atoms with Crippen molar-refractivity contribution < 1.29 is 4.74 Å². The molecule has 1 aliphatic rings. The van der Waals surface area contributed by atoms with Crippen molar-refractivity contribution in [2.75, 3.05) is 18.5 Å². The molecule has 1 aliphatic heterocycles. The third kappa shape index (κ3) is 4.16. The molecule has 4 nitrogen and oxygen atoms in total. The lowest BCUT2D eigenvalue weighted by atomic mass is 10.0. The average molecular weight is 263 g/mol. The Morgan fingerprint density at radius 1 is 1.37 bits per heavy atom. The van der Waals surface area contributed by atoms with E-state index in [4.69, 9.17) is 4.74 Å². The molecule has 19 heavy (non-hydrogen) atoms. The smallest absolute Gasteiger partial charge is 0.223 e. The van der Waals surface area contributed by atoms with E-state index in [0.29, 0.717) is 12.0 Å². The molecule has 1 aromatic heterocycles. The fraction of sp³-hybridized carbons (Fsp3) is 0.733. The second kappa shape index (κ2) is 6.85. The Hall–Kier alpha value is -1.16. The fourth-order valence-electron chi connectivity index (χ4n) is 2.45. The molecule has 106 valence electrons. The number of hydrogen-bond acceptors (Lipinski definition) is 4. The Labute approximate surface area is 116 Å². The Balaban J connectivity index is 2.05. The van der Waals surface area contributed by atoms with Gasteiger partial charge in [0.2, 0.25) is 5.95 Å². The fourth-order valence-corrected chi connectivity index (χ4v) is 2.45. The summed E-state index contributed by atoms with van der Waals surface area (Å²) in [5.74, 6) is 1.42. The van der Waals surface area contributed by atoms with Gasteiger partial charge in [0.05, 0.1) is 0 Å². The van der Waals surface area contributed by atoms with Gasteiger partial charge < -0.3 is 10.1 Å². The quantitative estimate of drug-likeness (QED) is 0.887. The number of hydrogen-bond donors (Lipinski definition) is 1. The Kier molecular flexibility index (Phi) is 5.14. The van der Waals surface area contributed by atoms with Crippen LogP contribution in [0.15, 0.2) is 6.20 Å². The number of nitrogens with zero attached hydrogens (tertiary/aromatic N) is 2. The summed E-state index contributed by atoms with van der Waals surface area (Å²) >= 11 is 0. The lowest BCUT2D eigenvalue weighted by molar-refractivity contribution is 0.0903. The van der Waals surface area contributed by atoms with Crippen molar-refractivity contribution in [1.82, 2.24) is 9.97 Å². The van der Waals surface area contributed by atoms with E-state index in [1.165, 1.54) is 11.3 Å². The van der Waals surface area contributed by atoms with Crippen LogP contribution in [0.2, 0.25) is 0 Å². The van der Waals surface area contributed by atoms with E-state index >= 15 is 0 Å². The van der Waals surface area contributed by atoms with E-state index in [1.54, 1.807) is 0 Å². The molecule has 0 unspecified atom stereocenters. The number of rotatable bonds is 5. The van der Waals surface area contributed by atoms with Gasteiger partial charge in [0.15, 0.2) is 0 Å². The van der Waals surface area contributed by atoms with Gasteiger partial charge in [-0.25, -0.2) is 9.97 Å². The first-order valence-corrected chi connectivity index (χ1v) is 7.38. The molecule has 1 fully saturated rings. The van der Waals surface area contributed by atoms with Crippen molar-refractivity contribution in [3.05, 3.63) is 17.5 Å². The van der Waals surface area contributed by atoms with Crippen molar-refractivity contribution in [1.29, 1.82) is 0 Å². The van der Waals surface area contributed by atoms with Gasteiger partial charge in [-0.05, 0) is 37.2 Å². The van der Waals surface area contributed by atoms with Crippen LogP contribution in [0.1, 0.15) is 44.9 Å². The van der Waals surface area contributed by atoms with Gasteiger partial charge in [-0.15, -0.1) is 0 Å². The van der Waals surface area contributed by atoms with Gasteiger partial charge >= 0.3 is 0 Å². The van der Waals surface area contributed by atoms with Gasteiger partial charge in [0.1, 0.15) is 0 Å². The SMILES string of the molecule is CCc1nc(NC2CCOCC2)ncc1CC(C)C. The van der Waals surface area contributed by atoms with Gasteiger partial charge in [-0.2, -0.15) is 0 Å². The highest BCUT2D eigenvalue weighted by molar-refractivity contribution is 5.31. The van der Waals surface area contributed by atoms with Crippen molar-refractivity contribution >= 4 is 5.95 Å². The zero-order valence-corrected chi connectivity index (χ0v) is 12.3. The molecule has 4 heteroatoms. The number of ether oxygens (including phenoxy) is 1. The third-order valence-corrected chi connectivity index (χ3v) is 3.47. The van der Waals surface area contributed by atoms with Gasteiger partial charge in [-0.3, -0.25) is 0 Å². The minimum atomic E-state index is 0.453. The van der Waals surface area contributed by atoms with Crippen LogP contribution in [0.4, 0.5) is 5.95 Å². The topological polar surface area (TPSA) is 47.0 Å². The van der Waals surface area contributed by atoms with E-state index in [9.17, 15) is 0 Å². The molecule has 0 radical (unpaired) electrons. The second-order valence-corrected chi connectivity index (χ2v) is 5.65. The van der Waals surface area contributed by atoms with E-state index < -0.39 is 0 Å². The highest BCUT2D eigenvalue weighted by Gasteiger charge is 2.15. The number of nitrogens with one attached hydrogen (secondary N) is 1. The Morgan fingerprint density at radius 3 is 2.74 bits per heavy atom. The van der Waals surface area contributed by atoms with Crippen molar-refractivity contribution in [2.45, 2.75) is 52.5 Å². The summed E-state index contributed by atoms with van der Waals surface area (Å²) in [6.45, 7) is 8.29. The van der Waals surface area contributed by atoms with Crippen LogP contribution in [0.25, 0.3) is 0 Å². The van der Waals surface area contributed by atoms with Crippen LogP contribution in [-0.2, 0) is 17.6 Å². The largest absolute Gasteiger partial charge is 0.381 e. The predicted octanol–water partition coefficient (Wildman–Crippen LogP) is 2.83. The standard InChI is InChI=1S/C15H25N3O/c1-4-14-12(9-11(2)3)10-16-15(18-14)17-13-5-7-19-8-6-13/h10-11,13H,4-9H2,1-3H3,(H,16,17,18). The van der Waals surface area contributed by atoms with Crippen molar-refractivity contribution in [2.24, 2.45) is 5.92 Å². The number of anilines is 1. The average Bonchev–Trinajstić information content (AvgIpc) is 2.41. The monoisotopic (exact) mass is 263 g/mol. The Morgan fingerprint density at radius 2 is 2.11 bits per heavy atom. The lowest BCUT2D eigenvalue weighted by Crippen LogP contribution is -2.28. The molecule has 0 aliphatic carbocycles. The first-order valence-electron chi connectivity index (χ1n) is 7.38. The zero-order valence-electron chi connectivity index (χ0n) is 12.3.